The number of carboxylic acid groups (broad SMARTS) is 1. The van der Waals surface area contributed by atoms with E-state index < -0.39 is 11.9 Å². The van der Waals surface area contributed by atoms with Crippen LogP contribution in [-0.4, -0.2) is 22.1 Å². The monoisotopic (exact) mass is 547 g/mol. The van der Waals surface area contributed by atoms with E-state index in [0.717, 1.165) is 5.56 Å². The maximum Gasteiger partial charge on any atom is 0.307 e. The van der Waals surface area contributed by atoms with Crippen LogP contribution in [0.5, 0.6) is 17.2 Å². The number of carbonyl (C=O) groups excluding carboxylic acids is 1. The highest BCUT2D eigenvalue weighted by atomic mass is 79.9. The minimum absolute atomic E-state index is 0.0787. The molecule has 8 heteroatoms. The molecular formula is C23H19Br2NO5. The SMILES string of the molecule is C[C@@H](NC(=O)c1cc(Oc2c(Br)cc(CC(=O)O)cc2Br)ccc1O)c1ccccc1. The lowest BCUT2D eigenvalue weighted by atomic mass is 10.1. The second kappa shape index (κ2) is 9.98. The number of aliphatic carboxylic acids is 1. The molecule has 0 saturated carbocycles. The molecule has 0 heterocycles. The number of phenols is 1. The lowest BCUT2D eigenvalue weighted by Gasteiger charge is -2.16. The summed E-state index contributed by atoms with van der Waals surface area (Å²) in [6.07, 6.45) is -0.124. The molecule has 0 aliphatic heterocycles. The number of benzene rings is 3. The number of nitrogens with one attached hydrogen (secondary N) is 1. The Morgan fingerprint density at radius 2 is 1.68 bits per heavy atom. The second-order valence-corrected chi connectivity index (χ2v) is 8.55. The number of carboxylic acids is 1. The highest BCUT2D eigenvalue weighted by molar-refractivity contribution is 9.11. The molecular weight excluding hydrogens is 530 g/mol. The van der Waals surface area contributed by atoms with Crippen LogP contribution < -0.4 is 10.1 Å². The highest BCUT2D eigenvalue weighted by Gasteiger charge is 2.18. The van der Waals surface area contributed by atoms with Crippen LogP contribution in [0.15, 0.2) is 69.6 Å². The summed E-state index contributed by atoms with van der Waals surface area (Å²) in [6, 6.07) is 16.9. The first-order valence-corrected chi connectivity index (χ1v) is 10.9. The molecule has 0 unspecified atom stereocenters. The number of hydrogen-bond donors (Lipinski definition) is 3. The predicted octanol–water partition coefficient (Wildman–Crippen LogP) is 5.83. The number of phenolic OH excluding ortho intramolecular Hbond substituents is 1. The fraction of sp³-hybridized carbons (Fsp3) is 0.130. The third kappa shape index (κ3) is 5.86. The van der Waals surface area contributed by atoms with Gasteiger partial charge in [0.25, 0.3) is 5.91 Å². The maximum absolute atomic E-state index is 12.7. The standard InChI is InChI=1S/C23H19Br2NO5/c1-13(15-5-3-2-4-6-15)26-23(30)17-12-16(7-8-20(17)27)31-22-18(24)9-14(10-19(22)25)11-21(28)29/h2-10,12-13,27H,11H2,1H3,(H,26,30)(H,28,29)/t13-/m1/s1. The van der Waals surface area contributed by atoms with Crippen molar-refractivity contribution in [1.29, 1.82) is 0 Å². The molecule has 0 saturated heterocycles. The number of rotatable bonds is 7. The first kappa shape index (κ1) is 22.8. The summed E-state index contributed by atoms with van der Waals surface area (Å²) in [5, 5.41) is 22.0. The van der Waals surface area contributed by atoms with Crippen LogP contribution in [0.1, 0.15) is 34.5 Å². The number of aromatic hydroxyl groups is 1. The van der Waals surface area contributed by atoms with Crippen LogP contribution >= 0.6 is 31.9 Å². The molecule has 0 radical (unpaired) electrons. The highest BCUT2D eigenvalue weighted by Crippen LogP contribution is 2.39. The van der Waals surface area contributed by atoms with Crippen LogP contribution in [-0.2, 0) is 11.2 Å². The van der Waals surface area contributed by atoms with E-state index >= 15 is 0 Å². The van der Waals surface area contributed by atoms with E-state index in [1.54, 1.807) is 12.1 Å². The van der Waals surface area contributed by atoms with Crippen molar-refractivity contribution in [1.82, 2.24) is 5.32 Å². The fourth-order valence-electron chi connectivity index (χ4n) is 2.96. The van der Waals surface area contributed by atoms with Gasteiger partial charge in [-0.1, -0.05) is 30.3 Å². The third-order valence-electron chi connectivity index (χ3n) is 4.49. The van der Waals surface area contributed by atoms with Gasteiger partial charge in [-0.3, -0.25) is 9.59 Å². The molecule has 0 fully saturated rings. The van der Waals surface area contributed by atoms with Gasteiger partial charge in [0.05, 0.1) is 27.0 Å². The summed E-state index contributed by atoms with van der Waals surface area (Å²) in [5.74, 6) is -0.785. The number of ether oxygens (including phenoxy) is 1. The van der Waals surface area contributed by atoms with Gasteiger partial charge in [-0.2, -0.15) is 0 Å². The average molecular weight is 549 g/mol. The Hall–Kier alpha value is -2.84. The molecule has 0 spiro atoms. The van der Waals surface area contributed by atoms with Crippen molar-refractivity contribution < 1.29 is 24.5 Å². The van der Waals surface area contributed by atoms with Crippen LogP contribution in [0.4, 0.5) is 0 Å². The number of carbonyl (C=O) groups is 2. The zero-order valence-electron chi connectivity index (χ0n) is 16.4. The van der Waals surface area contributed by atoms with Gasteiger partial charge in [0.1, 0.15) is 11.5 Å². The van der Waals surface area contributed by atoms with Crippen molar-refractivity contribution in [2.45, 2.75) is 19.4 Å². The van der Waals surface area contributed by atoms with E-state index in [-0.39, 0.29) is 23.8 Å². The Labute approximate surface area is 196 Å². The van der Waals surface area contributed by atoms with E-state index in [4.69, 9.17) is 9.84 Å². The molecule has 3 rings (SSSR count). The summed E-state index contributed by atoms with van der Waals surface area (Å²) in [6.45, 7) is 1.86. The Morgan fingerprint density at radius 3 is 2.29 bits per heavy atom. The Morgan fingerprint density at radius 1 is 1.03 bits per heavy atom. The molecule has 3 aromatic carbocycles. The summed E-state index contributed by atoms with van der Waals surface area (Å²) in [7, 11) is 0. The van der Waals surface area contributed by atoms with Crippen LogP contribution in [0.3, 0.4) is 0 Å². The van der Waals surface area contributed by atoms with Gasteiger partial charge in [0.15, 0.2) is 5.75 Å². The molecule has 0 bridgehead atoms. The minimum atomic E-state index is -0.939. The van der Waals surface area contributed by atoms with Gasteiger partial charge >= 0.3 is 5.97 Å². The van der Waals surface area contributed by atoms with E-state index in [1.807, 2.05) is 37.3 Å². The first-order valence-electron chi connectivity index (χ1n) is 9.31. The molecule has 6 nitrogen and oxygen atoms in total. The largest absolute Gasteiger partial charge is 0.507 e. The fourth-order valence-corrected chi connectivity index (χ4v) is 4.41. The van der Waals surface area contributed by atoms with Crippen molar-refractivity contribution >= 4 is 43.7 Å². The zero-order valence-corrected chi connectivity index (χ0v) is 19.6. The summed E-state index contributed by atoms with van der Waals surface area (Å²) in [5.41, 5.74) is 1.62. The van der Waals surface area contributed by atoms with Crippen molar-refractivity contribution in [2.75, 3.05) is 0 Å². The van der Waals surface area contributed by atoms with Gasteiger partial charge in [0, 0.05) is 0 Å². The topological polar surface area (TPSA) is 95.9 Å². The summed E-state index contributed by atoms with van der Waals surface area (Å²) >= 11 is 6.78. The predicted molar refractivity (Wildman–Crippen MR) is 124 cm³/mol. The Kier molecular flexibility index (Phi) is 7.35. The molecule has 3 aromatic rings. The smallest absolute Gasteiger partial charge is 0.307 e. The molecule has 0 aliphatic carbocycles. The van der Waals surface area contributed by atoms with E-state index in [2.05, 4.69) is 37.2 Å². The average Bonchev–Trinajstić information content (AvgIpc) is 2.72. The van der Waals surface area contributed by atoms with Crippen molar-refractivity contribution in [3.63, 3.8) is 0 Å². The van der Waals surface area contributed by atoms with Gasteiger partial charge in [-0.05, 0) is 80.2 Å². The molecule has 3 N–H and O–H groups in total. The van der Waals surface area contributed by atoms with E-state index in [1.165, 1.54) is 18.2 Å². The van der Waals surface area contributed by atoms with Crippen LogP contribution in [0.25, 0.3) is 0 Å². The molecule has 160 valence electrons. The lowest BCUT2D eigenvalue weighted by Crippen LogP contribution is -2.26. The molecule has 0 aromatic heterocycles. The summed E-state index contributed by atoms with van der Waals surface area (Å²) in [4.78, 5) is 23.7. The first-order chi connectivity index (χ1) is 14.7. The Bertz CT molecular complexity index is 1100. The Balaban J connectivity index is 1.81. The van der Waals surface area contributed by atoms with Crippen molar-refractivity contribution in [3.8, 4) is 17.2 Å². The quantitative estimate of drug-likeness (QED) is 0.345. The molecule has 1 atom stereocenters. The third-order valence-corrected chi connectivity index (χ3v) is 5.67. The number of hydrogen-bond acceptors (Lipinski definition) is 4. The number of amides is 1. The lowest BCUT2D eigenvalue weighted by molar-refractivity contribution is -0.136. The van der Waals surface area contributed by atoms with Crippen LogP contribution in [0.2, 0.25) is 0 Å². The minimum Gasteiger partial charge on any atom is -0.507 e. The normalized spacial score (nSPS) is 11.6. The number of halogens is 2. The van der Waals surface area contributed by atoms with E-state index in [9.17, 15) is 14.7 Å². The van der Waals surface area contributed by atoms with Gasteiger partial charge in [-0.15, -0.1) is 0 Å². The second-order valence-electron chi connectivity index (χ2n) is 6.85. The maximum atomic E-state index is 12.7. The van der Waals surface area contributed by atoms with Crippen LogP contribution in [0, 0.1) is 0 Å². The van der Waals surface area contributed by atoms with Crippen molar-refractivity contribution in [3.05, 3.63) is 86.3 Å². The molecule has 31 heavy (non-hydrogen) atoms. The molecule has 1 amide bonds. The molecule has 0 aliphatic rings. The van der Waals surface area contributed by atoms with Crippen molar-refractivity contribution in [2.24, 2.45) is 0 Å². The van der Waals surface area contributed by atoms with E-state index in [0.29, 0.717) is 26.0 Å². The summed E-state index contributed by atoms with van der Waals surface area (Å²) < 4.78 is 7.00. The van der Waals surface area contributed by atoms with Gasteiger partial charge < -0.3 is 20.3 Å². The van der Waals surface area contributed by atoms with Gasteiger partial charge in [0.2, 0.25) is 0 Å². The van der Waals surface area contributed by atoms with Gasteiger partial charge in [-0.25, -0.2) is 0 Å². The zero-order chi connectivity index (χ0) is 22.5.